The summed E-state index contributed by atoms with van der Waals surface area (Å²) in [6.07, 6.45) is 1.96. The Morgan fingerprint density at radius 1 is 1.15 bits per heavy atom. The van der Waals surface area contributed by atoms with Crippen LogP contribution >= 0.6 is 11.8 Å². The van der Waals surface area contributed by atoms with Crippen molar-refractivity contribution < 1.29 is 4.79 Å². The van der Waals surface area contributed by atoms with Gasteiger partial charge in [0, 0.05) is 23.9 Å². The van der Waals surface area contributed by atoms with E-state index >= 15 is 0 Å². The van der Waals surface area contributed by atoms with Gasteiger partial charge in [0.1, 0.15) is 16.9 Å². The van der Waals surface area contributed by atoms with Gasteiger partial charge in [-0.2, -0.15) is 5.26 Å². The Kier molecular flexibility index (Phi) is 6.18. The first-order valence-corrected chi connectivity index (χ1v) is 9.47. The average molecular weight is 374 g/mol. The minimum Gasteiger partial charge on any atom is -0.310 e. The maximum absolute atomic E-state index is 12.1. The topological polar surface area (TPSA) is 78.7 Å². The molecule has 1 N–H and O–H groups in total. The van der Waals surface area contributed by atoms with Crippen LogP contribution in [0.3, 0.4) is 0 Å². The van der Waals surface area contributed by atoms with Crippen LogP contribution < -0.4 is 5.32 Å². The van der Waals surface area contributed by atoms with Gasteiger partial charge in [-0.1, -0.05) is 36.4 Å². The van der Waals surface area contributed by atoms with Gasteiger partial charge in [0.2, 0.25) is 5.91 Å². The molecule has 0 fully saturated rings. The third-order valence-electron chi connectivity index (χ3n) is 3.89. The molecular weight excluding hydrogens is 356 g/mol. The number of nitrogens with one attached hydrogen (secondary N) is 1. The Hall–Kier alpha value is -3.17. The molecular formula is C21H18N4OS. The van der Waals surface area contributed by atoms with E-state index in [0.717, 1.165) is 16.8 Å². The quantitative estimate of drug-likeness (QED) is 0.645. The van der Waals surface area contributed by atoms with Crippen molar-refractivity contribution in [2.45, 2.75) is 18.4 Å². The van der Waals surface area contributed by atoms with E-state index < -0.39 is 0 Å². The van der Waals surface area contributed by atoms with Crippen LogP contribution in [0.1, 0.15) is 17.5 Å². The van der Waals surface area contributed by atoms with Crippen LogP contribution in [0.25, 0.3) is 11.3 Å². The Morgan fingerprint density at radius 3 is 2.70 bits per heavy atom. The van der Waals surface area contributed by atoms with Crippen LogP contribution in [-0.4, -0.2) is 21.6 Å². The molecule has 2 heterocycles. The zero-order valence-corrected chi connectivity index (χ0v) is 15.7. The van der Waals surface area contributed by atoms with E-state index in [4.69, 9.17) is 0 Å². The summed E-state index contributed by atoms with van der Waals surface area (Å²) in [6, 6.07) is 19.3. The Bertz CT molecular complexity index is 983. The largest absolute Gasteiger partial charge is 0.310 e. The number of hydrogen-bond donors (Lipinski definition) is 1. The maximum atomic E-state index is 12.1. The van der Waals surface area contributed by atoms with E-state index in [1.165, 1.54) is 11.8 Å². The Labute approximate surface area is 162 Å². The number of nitrogens with zero attached hydrogens (tertiary/aromatic N) is 3. The zero-order valence-electron chi connectivity index (χ0n) is 14.8. The summed E-state index contributed by atoms with van der Waals surface area (Å²) in [7, 11) is 0. The Morgan fingerprint density at radius 2 is 1.96 bits per heavy atom. The van der Waals surface area contributed by atoms with Crippen molar-refractivity contribution in [3.8, 4) is 17.3 Å². The van der Waals surface area contributed by atoms with Crippen molar-refractivity contribution in [3.63, 3.8) is 0 Å². The maximum Gasteiger partial charge on any atom is 0.226 e. The number of pyridine rings is 2. The van der Waals surface area contributed by atoms with Gasteiger partial charge in [0.15, 0.2) is 0 Å². The summed E-state index contributed by atoms with van der Waals surface area (Å²) in [4.78, 5) is 20.9. The van der Waals surface area contributed by atoms with Crippen LogP contribution in [-0.2, 0) is 4.79 Å². The zero-order chi connectivity index (χ0) is 19.1. The predicted molar refractivity (Wildman–Crippen MR) is 107 cm³/mol. The fourth-order valence-electron chi connectivity index (χ4n) is 2.46. The van der Waals surface area contributed by atoms with Gasteiger partial charge in [-0.25, -0.2) is 9.97 Å². The van der Waals surface area contributed by atoms with Gasteiger partial charge < -0.3 is 5.32 Å². The van der Waals surface area contributed by atoms with Gasteiger partial charge in [-0.3, -0.25) is 4.79 Å². The third kappa shape index (κ3) is 4.93. The number of amides is 1. The molecule has 0 unspecified atom stereocenters. The first kappa shape index (κ1) is 18.6. The number of hydrogen-bond acceptors (Lipinski definition) is 5. The molecule has 27 heavy (non-hydrogen) atoms. The second-order valence-corrected chi connectivity index (χ2v) is 6.93. The van der Waals surface area contributed by atoms with Gasteiger partial charge in [0.25, 0.3) is 0 Å². The molecule has 6 heteroatoms. The monoisotopic (exact) mass is 374 g/mol. The lowest BCUT2D eigenvalue weighted by atomic mass is 10.1. The molecule has 134 valence electrons. The molecule has 0 bridgehead atoms. The highest BCUT2D eigenvalue weighted by atomic mass is 32.2. The molecule has 0 atom stereocenters. The summed E-state index contributed by atoms with van der Waals surface area (Å²) in [5.41, 5.74) is 3.24. The summed E-state index contributed by atoms with van der Waals surface area (Å²) in [5.74, 6) is 0.994. The second kappa shape index (κ2) is 8.97. The van der Waals surface area contributed by atoms with Crippen molar-refractivity contribution >= 4 is 23.5 Å². The van der Waals surface area contributed by atoms with Crippen LogP contribution in [0, 0.1) is 18.3 Å². The lowest BCUT2D eigenvalue weighted by Crippen LogP contribution is -2.14. The number of carbonyl (C=O) groups is 1. The fourth-order valence-corrected chi connectivity index (χ4v) is 3.37. The lowest BCUT2D eigenvalue weighted by molar-refractivity contribution is -0.115. The van der Waals surface area contributed by atoms with Crippen molar-refractivity contribution in [3.05, 3.63) is 71.9 Å². The molecule has 0 aliphatic heterocycles. The molecule has 5 nitrogen and oxygen atoms in total. The molecule has 3 aromatic rings. The number of benzene rings is 1. The SMILES string of the molecule is Cc1cccnc1NC(=O)CCSc1nc(-c2ccccc2)ccc1C#N. The minimum absolute atomic E-state index is 0.109. The number of aryl methyl sites for hydroxylation is 1. The number of rotatable bonds is 6. The number of carbonyl (C=O) groups excluding carboxylic acids is 1. The van der Waals surface area contributed by atoms with E-state index in [1.807, 2.05) is 55.5 Å². The van der Waals surface area contributed by atoms with Gasteiger partial charge in [-0.15, -0.1) is 11.8 Å². The third-order valence-corrected chi connectivity index (χ3v) is 4.88. The van der Waals surface area contributed by atoms with E-state index in [2.05, 4.69) is 21.4 Å². The van der Waals surface area contributed by atoms with Crippen molar-refractivity contribution in [2.75, 3.05) is 11.1 Å². The van der Waals surface area contributed by atoms with Crippen molar-refractivity contribution in [1.29, 1.82) is 5.26 Å². The number of anilines is 1. The smallest absolute Gasteiger partial charge is 0.226 e. The van der Waals surface area contributed by atoms with Crippen LogP contribution in [0.15, 0.2) is 65.8 Å². The molecule has 0 radical (unpaired) electrons. The summed E-state index contributed by atoms with van der Waals surface area (Å²) in [6.45, 7) is 1.90. The van der Waals surface area contributed by atoms with Crippen LogP contribution in [0.2, 0.25) is 0 Å². The highest BCUT2D eigenvalue weighted by Gasteiger charge is 2.10. The summed E-state index contributed by atoms with van der Waals surface area (Å²) >= 11 is 1.41. The molecule has 0 saturated heterocycles. The van der Waals surface area contributed by atoms with Gasteiger partial charge in [-0.05, 0) is 30.7 Å². The second-order valence-electron chi connectivity index (χ2n) is 5.84. The lowest BCUT2D eigenvalue weighted by Gasteiger charge is -2.08. The van der Waals surface area contributed by atoms with Gasteiger partial charge in [0.05, 0.1) is 11.3 Å². The molecule has 0 saturated carbocycles. The van der Waals surface area contributed by atoms with E-state index in [1.54, 1.807) is 12.3 Å². The first-order valence-electron chi connectivity index (χ1n) is 8.48. The fraction of sp³-hybridized carbons (Fsp3) is 0.143. The van der Waals surface area contributed by atoms with Crippen molar-refractivity contribution in [2.24, 2.45) is 0 Å². The molecule has 0 aliphatic rings. The average Bonchev–Trinajstić information content (AvgIpc) is 2.70. The highest BCUT2D eigenvalue weighted by Crippen LogP contribution is 2.25. The Balaban J connectivity index is 1.64. The van der Waals surface area contributed by atoms with Crippen molar-refractivity contribution in [1.82, 2.24) is 9.97 Å². The van der Waals surface area contributed by atoms with Crippen LogP contribution in [0.5, 0.6) is 0 Å². The molecule has 1 aromatic carbocycles. The minimum atomic E-state index is -0.109. The molecule has 1 amide bonds. The predicted octanol–water partition coefficient (Wildman–Crippen LogP) is 4.44. The number of thioether (sulfide) groups is 1. The number of nitriles is 1. The van der Waals surface area contributed by atoms with Crippen LogP contribution in [0.4, 0.5) is 5.82 Å². The van der Waals surface area contributed by atoms with E-state index in [-0.39, 0.29) is 5.91 Å². The normalized spacial score (nSPS) is 10.2. The standard InChI is InChI=1S/C21H18N4OS/c1-15-6-5-12-23-20(15)25-19(26)11-13-27-21-17(14-22)9-10-18(24-21)16-7-3-2-4-8-16/h2-10,12H,11,13H2,1H3,(H,23,25,26). The first-order chi connectivity index (χ1) is 13.2. The molecule has 2 aromatic heterocycles. The summed E-state index contributed by atoms with van der Waals surface area (Å²) in [5, 5.41) is 12.8. The molecule has 3 rings (SSSR count). The van der Waals surface area contributed by atoms with E-state index in [0.29, 0.717) is 28.6 Å². The van der Waals surface area contributed by atoms with E-state index in [9.17, 15) is 10.1 Å². The van der Waals surface area contributed by atoms with Gasteiger partial charge >= 0.3 is 0 Å². The molecule has 0 aliphatic carbocycles. The summed E-state index contributed by atoms with van der Waals surface area (Å²) < 4.78 is 0. The highest BCUT2D eigenvalue weighted by molar-refractivity contribution is 7.99. The number of aromatic nitrogens is 2. The molecule has 0 spiro atoms.